The van der Waals surface area contributed by atoms with Crippen LogP contribution in [0.5, 0.6) is 0 Å². The van der Waals surface area contributed by atoms with Gasteiger partial charge in [0.25, 0.3) is 0 Å². The highest BCUT2D eigenvalue weighted by atomic mass is 79.9. The zero-order chi connectivity index (χ0) is 12.3. The molecule has 17 heavy (non-hydrogen) atoms. The summed E-state index contributed by atoms with van der Waals surface area (Å²) >= 11 is 5.09. The van der Waals surface area contributed by atoms with Crippen molar-refractivity contribution in [2.75, 3.05) is 13.6 Å². The fourth-order valence-corrected chi connectivity index (χ4v) is 3.29. The van der Waals surface area contributed by atoms with E-state index < -0.39 is 0 Å². The first kappa shape index (κ1) is 13.1. The number of thiophene rings is 1. The van der Waals surface area contributed by atoms with E-state index in [0.717, 1.165) is 16.8 Å². The van der Waals surface area contributed by atoms with Crippen LogP contribution in [0.25, 0.3) is 0 Å². The molecule has 2 rings (SSSR count). The molecule has 5 heteroatoms. The minimum absolute atomic E-state index is 0.228. The number of hydrogen-bond donors (Lipinski definition) is 1. The predicted octanol–water partition coefficient (Wildman–Crippen LogP) is 2.61. The lowest BCUT2D eigenvalue weighted by Crippen LogP contribution is -2.33. The highest BCUT2D eigenvalue weighted by Crippen LogP contribution is 2.21. The van der Waals surface area contributed by atoms with Crippen molar-refractivity contribution < 1.29 is 4.79 Å². The summed E-state index contributed by atoms with van der Waals surface area (Å²) in [5.41, 5.74) is 1.19. The van der Waals surface area contributed by atoms with Crippen LogP contribution in [0.15, 0.2) is 15.2 Å². The molecule has 1 N–H and O–H groups in total. The van der Waals surface area contributed by atoms with Gasteiger partial charge in [0.15, 0.2) is 0 Å². The lowest BCUT2D eigenvalue weighted by Gasteiger charge is -2.18. The number of carbonyl (C=O) groups is 1. The first-order valence-corrected chi connectivity index (χ1v) is 7.52. The number of amides is 1. The van der Waals surface area contributed by atoms with E-state index in [0.29, 0.717) is 19.0 Å². The van der Waals surface area contributed by atoms with Gasteiger partial charge < -0.3 is 10.2 Å². The summed E-state index contributed by atoms with van der Waals surface area (Å²) in [5.74, 6) is 0.228. The summed E-state index contributed by atoms with van der Waals surface area (Å²) in [6.45, 7) is 1.76. The fraction of sp³-hybridized carbons (Fsp3) is 0.583. The molecule has 0 aromatic carbocycles. The van der Waals surface area contributed by atoms with Crippen molar-refractivity contribution in [2.45, 2.75) is 31.8 Å². The zero-order valence-corrected chi connectivity index (χ0v) is 12.3. The zero-order valence-electron chi connectivity index (χ0n) is 9.91. The van der Waals surface area contributed by atoms with Gasteiger partial charge in [-0.1, -0.05) is 0 Å². The van der Waals surface area contributed by atoms with Crippen LogP contribution in [0.4, 0.5) is 0 Å². The van der Waals surface area contributed by atoms with Crippen LogP contribution in [0, 0.1) is 0 Å². The average molecular weight is 317 g/mol. The van der Waals surface area contributed by atoms with E-state index in [1.165, 1.54) is 12.0 Å². The molecule has 1 aliphatic heterocycles. The topological polar surface area (TPSA) is 32.3 Å². The van der Waals surface area contributed by atoms with Gasteiger partial charge in [-0.15, -0.1) is 11.3 Å². The molecule has 1 atom stereocenters. The van der Waals surface area contributed by atoms with Gasteiger partial charge in [0.1, 0.15) is 0 Å². The van der Waals surface area contributed by atoms with E-state index in [4.69, 9.17) is 0 Å². The predicted molar refractivity (Wildman–Crippen MR) is 74.1 cm³/mol. The van der Waals surface area contributed by atoms with Crippen LogP contribution in [0.3, 0.4) is 0 Å². The molecule has 0 radical (unpaired) electrons. The van der Waals surface area contributed by atoms with Crippen LogP contribution in [0.1, 0.15) is 24.8 Å². The second-order valence-corrected chi connectivity index (χ2v) is 6.80. The SMILES string of the molecule is CN(Cc1csc(Br)c1)C(=O)CC1CCCN1. The molecule has 0 spiro atoms. The Morgan fingerprint density at radius 1 is 1.71 bits per heavy atom. The number of nitrogens with zero attached hydrogens (tertiary/aromatic N) is 1. The third-order valence-electron chi connectivity index (χ3n) is 3.05. The van der Waals surface area contributed by atoms with Crippen LogP contribution in [-0.2, 0) is 11.3 Å². The minimum atomic E-state index is 0.228. The Balaban J connectivity index is 1.82. The molecule has 1 unspecified atom stereocenters. The van der Waals surface area contributed by atoms with Crippen molar-refractivity contribution in [2.24, 2.45) is 0 Å². The fourth-order valence-electron chi connectivity index (χ4n) is 2.09. The summed E-state index contributed by atoms with van der Waals surface area (Å²) in [5, 5.41) is 5.44. The van der Waals surface area contributed by atoms with Crippen LogP contribution in [0.2, 0.25) is 0 Å². The molecule has 1 saturated heterocycles. The molecule has 0 bridgehead atoms. The monoisotopic (exact) mass is 316 g/mol. The first-order valence-electron chi connectivity index (χ1n) is 5.85. The molecule has 0 saturated carbocycles. The maximum Gasteiger partial charge on any atom is 0.224 e. The van der Waals surface area contributed by atoms with Gasteiger partial charge in [-0.3, -0.25) is 4.79 Å². The lowest BCUT2D eigenvalue weighted by molar-refractivity contribution is -0.130. The molecule has 3 nitrogen and oxygen atoms in total. The van der Waals surface area contributed by atoms with E-state index in [2.05, 4.69) is 32.7 Å². The van der Waals surface area contributed by atoms with Crippen molar-refractivity contribution in [1.29, 1.82) is 0 Å². The van der Waals surface area contributed by atoms with Crippen molar-refractivity contribution in [3.63, 3.8) is 0 Å². The normalized spacial score (nSPS) is 19.5. The largest absolute Gasteiger partial charge is 0.341 e. The van der Waals surface area contributed by atoms with E-state index in [9.17, 15) is 4.79 Å². The highest BCUT2D eigenvalue weighted by Gasteiger charge is 2.19. The van der Waals surface area contributed by atoms with Gasteiger partial charge in [0, 0.05) is 26.1 Å². The van der Waals surface area contributed by atoms with Crippen LogP contribution in [-0.4, -0.2) is 30.4 Å². The molecular formula is C12H17BrN2OS. The number of nitrogens with one attached hydrogen (secondary N) is 1. The Hall–Kier alpha value is -0.390. The summed E-state index contributed by atoms with van der Waals surface area (Å²) in [4.78, 5) is 13.8. The highest BCUT2D eigenvalue weighted by molar-refractivity contribution is 9.11. The van der Waals surface area contributed by atoms with E-state index in [-0.39, 0.29) is 5.91 Å². The number of hydrogen-bond acceptors (Lipinski definition) is 3. The molecular weight excluding hydrogens is 300 g/mol. The molecule has 1 aliphatic rings. The third kappa shape index (κ3) is 3.79. The summed E-state index contributed by atoms with van der Waals surface area (Å²) in [6, 6.07) is 2.46. The first-order chi connectivity index (χ1) is 8.15. The van der Waals surface area contributed by atoms with Gasteiger partial charge in [-0.2, -0.15) is 0 Å². The Morgan fingerprint density at radius 2 is 2.53 bits per heavy atom. The summed E-state index contributed by atoms with van der Waals surface area (Å²) in [6.07, 6.45) is 2.95. The molecule has 1 fully saturated rings. The molecule has 0 aliphatic carbocycles. The van der Waals surface area contributed by atoms with Gasteiger partial charge in [0.2, 0.25) is 5.91 Å². The Labute approximate surface area is 114 Å². The number of halogens is 1. The summed E-state index contributed by atoms with van der Waals surface area (Å²) < 4.78 is 1.12. The Bertz CT molecular complexity index is 388. The molecule has 1 amide bonds. The van der Waals surface area contributed by atoms with Gasteiger partial charge in [0.05, 0.1) is 3.79 Å². The molecule has 2 heterocycles. The van der Waals surface area contributed by atoms with Gasteiger partial charge in [-0.05, 0) is 52.3 Å². The maximum absolute atomic E-state index is 12.0. The number of carbonyl (C=O) groups excluding carboxylic acids is 1. The lowest BCUT2D eigenvalue weighted by atomic mass is 10.1. The minimum Gasteiger partial charge on any atom is -0.341 e. The van der Waals surface area contributed by atoms with Crippen LogP contribution < -0.4 is 5.32 Å². The van der Waals surface area contributed by atoms with Crippen LogP contribution >= 0.6 is 27.3 Å². The second-order valence-electron chi connectivity index (χ2n) is 4.51. The van der Waals surface area contributed by atoms with Gasteiger partial charge >= 0.3 is 0 Å². The Morgan fingerprint density at radius 3 is 3.12 bits per heavy atom. The standard InChI is InChI=1S/C12H17BrN2OS/c1-15(7-9-5-11(13)17-8-9)12(16)6-10-3-2-4-14-10/h5,8,10,14H,2-4,6-7H2,1H3. The smallest absolute Gasteiger partial charge is 0.224 e. The third-order valence-corrected chi connectivity index (χ3v) is 4.60. The maximum atomic E-state index is 12.0. The molecule has 1 aromatic heterocycles. The number of rotatable bonds is 4. The van der Waals surface area contributed by atoms with E-state index in [1.54, 1.807) is 11.3 Å². The van der Waals surface area contributed by atoms with Crippen molar-refractivity contribution >= 4 is 33.2 Å². The quantitative estimate of drug-likeness (QED) is 0.926. The molecule has 1 aromatic rings. The van der Waals surface area contributed by atoms with Crippen molar-refractivity contribution in [1.82, 2.24) is 10.2 Å². The van der Waals surface area contributed by atoms with Gasteiger partial charge in [-0.25, -0.2) is 0 Å². The Kier molecular flexibility index (Phi) is 4.59. The summed E-state index contributed by atoms with van der Waals surface area (Å²) in [7, 11) is 1.88. The van der Waals surface area contributed by atoms with E-state index >= 15 is 0 Å². The van der Waals surface area contributed by atoms with Crippen molar-refractivity contribution in [3.8, 4) is 0 Å². The van der Waals surface area contributed by atoms with E-state index in [1.807, 2.05) is 11.9 Å². The average Bonchev–Trinajstić information content (AvgIpc) is 2.90. The van der Waals surface area contributed by atoms with Crippen molar-refractivity contribution in [3.05, 3.63) is 20.8 Å². The molecule has 94 valence electrons. The second kappa shape index (κ2) is 5.98.